The fourth-order valence-electron chi connectivity index (χ4n) is 8.21. The van der Waals surface area contributed by atoms with Gasteiger partial charge in [-0.3, -0.25) is 14.5 Å². The Kier molecular flexibility index (Phi) is 7.89. The average Bonchev–Trinajstić information content (AvgIpc) is 3.46. The Morgan fingerprint density at radius 1 is 0.958 bits per heavy atom. The van der Waals surface area contributed by atoms with Gasteiger partial charge in [0.2, 0.25) is 0 Å². The summed E-state index contributed by atoms with van der Waals surface area (Å²) in [5.41, 5.74) is 2.31. The maximum Gasteiger partial charge on any atom is 0.266 e. The predicted molar refractivity (Wildman–Crippen MR) is 185 cm³/mol. The quantitative estimate of drug-likeness (QED) is 0.200. The van der Waals surface area contributed by atoms with Crippen molar-refractivity contribution in [2.45, 2.75) is 44.3 Å². The number of carbonyl (C=O) groups is 2. The minimum absolute atomic E-state index is 0.0847. The van der Waals surface area contributed by atoms with Crippen LogP contribution in [0.2, 0.25) is 0 Å². The number of nitrogens with zero attached hydrogens (tertiary/aromatic N) is 2. The van der Waals surface area contributed by atoms with Crippen molar-refractivity contribution in [3.63, 3.8) is 0 Å². The first-order valence-corrected chi connectivity index (χ1v) is 16.4. The van der Waals surface area contributed by atoms with Gasteiger partial charge in [0.15, 0.2) is 11.4 Å². The molecule has 0 radical (unpaired) electrons. The number of aliphatic hydroxyl groups is 1. The van der Waals surface area contributed by atoms with E-state index in [9.17, 15) is 14.7 Å². The zero-order chi connectivity index (χ0) is 33.8. The number of aliphatic hydroxyl groups excluding tert-OH is 1. The molecule has 0 saturated carbocycles. The lowest BCUT2D eigenvalue weighted by Crippen LogP contribution is -2.46. The third-order valence-electron chi connectivity index (χ3n) is 10.4. The van der Waals surface area contributed by atoms with Gasteiger partial charge in [-0.05, 0) is 72.0 Å². The van der Waals surface area contributed by atoms with Crippen molar-refractivity contribution in [3.05, 3.63) is 120 Å². The third kappa shape index (κ3) is 4.65. The van der Waals surface area contributed by atoms with Gasteiger partial charge in [0.25, 0.3) is 11.8 Å². The number of hydrogen-bond donors (Lipinski definition) is 1. The zero-order valence-corrected chi connectivity index (χ0v) is 27.7. The number of rotatable bonds is 8. The maximum absolute atomic E-state index is 14.8. The molecule has 1 saturated heterocycles. The number of amides is 2. The number of carbonyl (C=O) groups excluding carboxylic acids is 2. The van der Waals surface area contributed by atoms with Crippen molar-refractivity contribution in [1.82, 2.24) is 0 Å². The number of methoxy groups -OCH3 is 1. The average molecular weight is 645 g/mol. The number of fused-ring (bicyclic) bond motifs is 4. The lowest BCUT2D eigenvalue weighted by molar-refractivity contribution is -0.146. The summed E-state index contributed by atoms with van der Waals surface area (Å²) < 4.78 is 18.7. The minimum atomic E-state index is -1.36. The second kappa shape index (κ2) is 12.0. The highest BCUT2D eigenvalue weighted by Gasteiger charge is 2.65. The summed E-state index contributed by atoms with van der Waals surface area (Å²) in [4.78, 5) is 32.5. The summed E-state index contributed by atoms with van der Waals surface area (Å²) in [6.07, 6.45) is 1.65. The van der Waals surface area contributed by atoms with E-state index in [1.54, 1.807) is 35.1 Å². The van der Waals surface area contributed by atoms with Crippen molar-refractivity contribution < 1.29 is 28.9 Å². The second-order valence-electron chi connectivity index (χ2n) is 13.3. The van der Waals surface area contributed by atoms with Crippen molar-refractivity contribution in [3.8, 4) is 17.2 Å². The molecule has 0 aromatic heterocycles. The molecule has 48 heavy (non-hydrogen) atoms. The van der Waals surface area contributed by atoms with Crippen LogP contribution in [0.25, 0.3) is 0 Å². The number of ether oxygens (including phenoxy) is 3. The largest absolute Gasteiger partial charge is 0.497 e. The summed E-state index contributed by atoms with van der Waals surface area (Å²) in [7, 11) is 1.64. The Labute approximate surface area is 281 Å². The van der Waals surface area contributed by atoms with E-state index < -0.39 is 17.1 Å². The first-order valence-electron chi connectivity index (χ1n) is 16.4. The maximum atomic E-state index is 14.8. The standard InChI is InChI=1S/C40H40N2O6/c1-6-22-41-31-20-17-27(42-32-12-8-10-14-34(32)47-33-13-9-7-11-29(33)37(42)44)24-30(31)40(38(41)45)25(2)36(35(48-40)21-23-43)39(3,4)26-15-18-28(46-5)19-16-26/h6-20,24-25,35-36,43H,1,21-23H2,2-5H3/t25-,35+,36-,40+/m1/s1. The smallest absolute Gasteiger partial charge is 0.266 e. The number of anilines is 3. The van der Waals surface area contributed by atoms with Crippen LogP contribution in [0.15, 0.2) is 104 Å². The molecule has 1 fully saturated rings. The molecule has 246 valence electrons. The predicted octanol–water partition coefficient (Wildman–Crippen LogP) is 7.52. The van der Waals surface area contributed by atoms with Crippen molar-refractivity contribution >= 4 is 28.9 Å². The van der Waals surface area contributed by atoms with Gasteiger partial charge in [-0.15, -0.1) is 6.58 Å². The van der Waals surface area contributed by atoms with Gasteiger partial charge >= 0.3 is 0 Å². The summed E-state index contributed by atoms with van der Waals surface area (Å²) in [6, 6.07) is 28.3. The van der Waals surface area contributed by atoms with E-state index in [4.69, 9.17) is 14.2 Å². The Morgan fingerprint density at radius 3 is 2.38 bits per heavy atom. The monoisotopic (exact) mass is 644 g/mol. The van der Waals surface area contributed by atoms with Gasteiger partial charge in [0.05, 0.1) is 30.2 Å². The van der Waals surface area contributed by atoms with E-state index in [2.05, 4.69) is 39.5 Å². The molecule has 4 aromatic rings. The molecule has 3 aliphatic heterocycles. The van der Waals surface area contributed by atoms with Crippen LogP contribution in [0, 0.1) is 11.8 Å². The fraction of sp³-hybridized carbons (Fsp3) is 0.300. The second-order valence-corrected chi connectivity index (χ2v) is 13.3. The summed E-state index contributed by atoms with van der Waals surface area (Å²) in [6.45, 7) is 10.6. The molecular formula is C40H40N2O6. The summed E-state index contributed by atoms with van der Waals surface area (Å²) in [5.74, 6) is 0.916. The van der Waals surface area contributed by atoms with Crippen LogP contribution in [0.3, 0.4) is 0 Å². The Hall–Kier alpha value is -4.92. The van der Waals surface area contributed by atoms with Crippen LogP contribution < -0.4 is 19.3 Å². The zero-order valence-electron chi connectivity index (χ0n) is 27.7. The molecule has 8 heteroatoms. The lowest BCUT2D eigenvalue weighted by atomic mass is 9.63. The summed E-state index contributed by atoms with van der Waals surface area (Å²) >= 11 is 0. The fourth-order valence-corrected chi connectivity index (χ4v) is 8.21. The number of para-hydroxylation sites is 3. The van der Waals surface area contributed by atoms with Crippen molar-refractivity contribution in [2.75, 3.05) is 30.1 Å². The summed E-state index contributed by atoms with van der Waals surface area (Å²) in [5, 5.41) is 10.2. The minimum Gasteiger partial charge on any atom is -0.497 e. The van der Waals surface area contributed by atoms with Crippen LogP contribution in [0.1, 0.15) is 48.7 Å². The molecule has 1 spiro atoms. The molecule has 0 aliphatic carbocycles. The SMILES string of the molecule is C=CCN1C(=O)[C@@]2(O[C@@H](CCO)[C@H](C(C)(C)c3ccc(OC)cc3)[C@H]2C)c2cc(N3C(=O)c4ccccc4Oc4ccccc43)ccc21. The van der Waals surface area contributed by atoms with Gasteiger partial charge in [0.1, 0.15) is 11.5 Å². The van der Waals surface area contributed by atoms with E-state index in [0.717, 1.165) is 11.3 Å². The van der Waals surface area contributed by atoms with Crippen LogP contribution >= 0.6 is 0 Å². The van der Waals surface area contributed by atoms with Crippen molar-refractivity contribution in [1.29, 1.82) is 0 Å². The van der Waals surface area contributed by atoms with Gasteiger partial charge in [-0.1, -0.05) is 63.2 Å². The molecular weight excluding hydrogens is 604 g/mol. The van der Waals surface area contributed by atoms with Crippen LogP contribution in [-0.2, 0) is 20.5 Å². The Balaban J connectivity index is 1.39. The normalized spacial score (nSPS) is 23.0. The molecule has 4 aromatic carbocycles. The van der Waals surface area contributed by atoms with Crippen LogP contribution in [-0.4, -0.2) is 43.3 Å². The molecule has 0 bridgehead atoms. The lowest BCUT2D eigenvalue weighted by Gasteiger charge is -2.38. The van der Waals surface area contributed by atoms with E-state index in [0.29, 0.717) is 52.7 Å². The molecule has 3 aliphatic rings. The van der Waals surface area contributed by atoms with Crippen molar-refractivity contribution in [2.24, 2.45) is 11.8 Å². The molecule has 7 rings (SSSR count). The first-order chi connectivity index (χ1) is 23.2. The van der Waals surface area contributed by atoms with E-state index in [-0.39, 0.29) is 30.3 Å². The molecule has 3 heterocycles. The highest BCUT2D eigenvalue weighted by Crippen LogP contribution is 2.60. The molecule has 4 atom stereocenters. The van der Waals surface area contributed by atoms with Gasteiger partial charge in [-0.2, -0.15) is 0 Å². The molecule has 8 nitrogen and oxygen atoms in total. The first kappa shape index (κ1) is 31.7. The van der Waals surface area contributed by atoms with Gasteiger partial charge < -0.3 is 24.2 Å². The molecule has 0 unspecified atom stereocenters. The Morgan fingerprint density at radius 2 is 1.67 bits per heavy atom. The third-order valence-corrected chi connectivity index (χ3v) is 10.4. The molecule has 1 N–H and O–H groups in total. The topological polar surface area (TPSA) is 88.5 Å². The van der Waals surface area contributed by atoms with E-state index >= 15 is 0 Å². The highest BCUT2D eigenvalue weighted by atomic mass is 16.5. The van der Waals surface area contributed by atoms with Crippen LogP contribution in [0.4, 0.5) is 17.1 Å². The van der Waals surface area contributed by atoms with E-state index in [1.165, 1.54) is 0 Å². The number of benzene rings is 4. The van der Waals surface area contributed by atoms with Gasteiger partial charge in [-0.25, -0.2) is 0 Å². The molecule has 2 amide bonds. The van der Waals surface area contributed by atoms with E-state index in [1.807, 2.05) is 66.7 Å². The number of hydrogen-bond acceptors (Lipinski definition) is 6. The Bertz CT molecular complexity index is 1900. The van der Waals surface area contributed by atoms with Gasteiger partial charge in [0, 0.05) is 36.2 Å². The highest BCUT2D eigenvalue weighted by molar-refractivity contribution is 6.15. The van der Waals surface area contributed by atoms with Crippen LogP contribution in [0.5, 0.6) is 17.2 Å².